The fourth-order valence-corrected chi connectivity index (χ4v) is 3.34. The Hall–Kier alpha value is -2.91. The molecular weight excluding hydrogens is 423 g/mol. The predicted molar refractivity (Wildman–Crippen MR) is 108 cm³/mol. The molecule has 0 radical (unpaired) electrons. The Morgan fingerprint density at radius 2 is 1.97 bits per heavy atom. The van der Waals surface area contributed by atoms with Crippen LogP contribution in [0.15, 0.2) is 30.5 Å². The fourth-order valence-electron chi connectivity index (χ4n) is 2.91. The van der Waals surface area contributed by atoms with Gasteiger partial charge >= 0.3 is 5.97 Å². The number of halogens is 2. The lowest BCUT2D eigenvalue weighted by molar-refractivity contribution is -0.384. The summed E-state index contributed by atoms with van der Waals surface area (Å²) >= 11 is 11.6. The zero-order valence-electron chi connectivity index (χ0n) is 15.1. The van der Waals surface area contributed by atoms with Gasteiger partial charge in [-0.2, -0.15) is 0 Å². The van der Waals surface area contributed by atoms with E-state index in [1.54, 1.807) is 0 Å². The average Bonchev–Trinajstić information content (AvgIpc) is 3.22. The molecular formula is C18H16Cl2N4O5. The number of esters is 1. The van der Waals surface area contributed by atoms with Crippen LogP contribution in [-0.2, 0) is 9.53 Å². The summed E-state index contributed by atoms with van der Waals surface area (Å²) in [5.74, 6) is -1.45. The van der Waals surface area contributed by atoms with Crippen LogP contribution in [0.25, 0.3) is 0 Å². The maximum atomic E-state index is 12.2. The Labute approximate surface area is 175 Å². The van der Waals surface area contributed by atoms with Crippen LogP contribution in [0, 0.1) is 10.1 Å². The molecule has 3 rings (SSSR count). The number of nitrogens with one attached hydrogen (secondary N) is 1. The molecule has 0 atom stereocenters. The van der Waals surface area contributed by atoms with Crippen molar-refractivity contribution in [1.29, 1.82) is 0 Å². The molecule has 1 aromatic heterocycles. The van der Waals surface area contributed by atoms with Crippen LogP contribution in [0.4, 0.5) is 17.2 Å². The fraction of sp³-hybridized carbons (Fsp3) is 0.278. The quantitative estimate of drug-likeness (QED) is 0.415. The Balaban J connectivity index is 1.64. The molecule has 0 saturated carbocycles. The van der Waals surface area contributed by atoms with Crippen LogP contribution in [0.5, 0.6) is 0 Å². The molecule has 0 bridgehead atoms. The zero-order chi connectivity index (χ0) is 21.0. The van der Waals surface area contributed by atoms with E-state index >= 15 is 0 Å². The lowest BCUT2D eigenvalue weighted by atomic mass is 10.1. The molecule has 1 aliphatic heterocycles. The Morgan fingerprint density at radius 1 is 1.24 bits per heavy atom. The van der Waals surface area contributed by atoms with E-state index in [9.17, 15) is 19.7 Å². The first-order chi connectivity index (χ1) is 13.8. The molecule has 29 heavy (non-hydrogen) atoms. The minimum absolute atomic E-state index is 0.0184. The summed E-state index contributed by atoms with van der Waals surface area (Å²) in [6.45, 7) is 0.847. The molecule has 1 saturated heterocycles. The number of benzene rings is 1. The zero-order valence-corrected chi connectivity index (χ0v) is 16.6. The first-order valence-corrected chi connectivity index (χ1v) is 9.42. The van der Waals surface area contributed by atoms with Gasteiger partial charge in [-0.1, -0.05) is 23.2 Å². The number of nitro benzene ring substituents is 1. The number of ether oxygens (including phenoxy) is 1. The molecule has 1 aromatic carbocycles. The summed E-state index contributed by atoms with van der Waals surface area (Å²) in [5, 5.41) is 14.2. The van der Waals surface area contributed by atoms with Crippen molar-refractivity contribution in [3.8, 4) is 0 Å². The van der Waals surface area contributed by atoms with E-state index in [-0.39, 0.29) is 22.1 Å². The van der Waals surface area contributed by atoms with Gasteiger partial charge in [0, 0.05) is 25.4 Å². The summed E-state index contributed by atoms with van der Waals surface area (Å²) in [4.78, 5) is 40.8. The largest absolute Gasteiger partial charge is 0.452 e. The molecule has 0 unspecified atom stereocenters. The number of nitro groups is 1. The highest BCUT2D eigenvalue weighted by Gasteiger charge is 2.24. The van der Waals surface area contributed by atoms with E-state index in [1.807, 2.05) is 4.90 Å². The third-order valence-electron chi connectivity index (χ3n) is 4.25. The van der Waals surface area contributed by atoms with Crippen LogP contribution in [0.2, 0.25) is 10.0 Å². The second-order valence-corrected chi connectivity index (χ2v) is 7.11. The smallest absolute Gasteiger partial charge is 0.338 e. The standard InChI is InChI=1S/C18H16Cl2N4O5/c19-12-8-13(20)17(21-9-12)22-16(25)10-29-18(26)11-3-4-14(15(7-11)24(27)28)23-5-1-2-6-23/h3-4,7-9H,1-2,5-6,10H2,(H,21,22,25). The van der Waals surface area contributed by atoms with Crippen molar-refractivity contribution in [2.24, 2.45) is 0 Å². The topological polar surface area (TPSA) is 115 Å². The molecule has 0 aliphatic carbocycles. The van der Waals surface area contributed by atoms with Crippen LogP contribution in [0.3, 0.4) is 0 Å². The van der Waals surface area contributed by atoms with Gasteiger partial charge in [0.25, 0.3) is 11.6 Å². The molecule has 1 amide bonds. The van der Waals surface area contributed by atoms with Gasteiger partial charge in [-0.3, -0.25) is 14.9 Å². The molecule has 1 fully saturated rings. The third-order valence-corrected chi connectivity index (χ3v) is 4.75. The lowest BCUT2D eigenvalue weighted by Gasteiger charge is -2.17. The van der Waals surface area contributed by atoms with Crippen molar-refractivity contribution in [2.75, 3.05) is 29.9 Å². The van der Waals surface area contributed by atoms with Gasteiger partial charge in [0.15, 0.2) is 12.4 Å². The highest BCUT2D eigenvalue weighted by atomic mass is 35.5. The summed E-state index contributed by atoms with van der Waals surface area (Å²) < 4.78 is 4.94. The molecule has 0 spiro atoms. The van der Waals surface area contributed by atoms with E-state index in [2.05, 4.69) is 10.3 Å². The molecule has 9 nitrogen and oxygen atoms in total. The normalized spacial score (nSPS) is 13.2. The maximum absolute atomic E-state index is 12.2. The van der Waals surface area contributed by atoms with Crippen molar-refractivity contribution < 1.29 is 19.2 Å². The number of carbonyl (C=O) groups is 2. The molecule has 152 valence electrons. The van der Waals surface area contributed by atoms with Crippen molar-refractivity contribution in [3.63, 3.8) is 0 Å². The van der Waals surface area contributed by atoms with Gasteiger partial charge in [0.2, 0.25) is 0 Å². The number of anilines is 2. The number of hydrogen-bond acceptors (Lipinski definition) is 7. The molecule has 2 heterocycles. The van der Waals surface area contributed by atoms with Gasteiger partial charge < -0.3 is 15.0 Å². The van der Waals surface area contributed by atoms with Gasteiger partial charge in [0.05, 0.1) is 20.5 Å². The number of pyridine rings is 1. The number of amides is 1. The molecule has 11 heteroatoms. The first kappa shape index (κ1) is 20.8. The van der Waals surface area contributed by atoms with Crippen LogP contribution < -0.4 is 10.2 Å². The Bertz CT molecular complexity index is 963. The molecule has 2 aromatic rings. The molecule has 1 aliphatic rings. The average molecular weight is 439 g/mol. The number of rotatable bonds is 6. The van der Waals surface area contributed by atoms with Crippen LogP contribution in [-0.4, -0.2) is 41.5 Å². The van der Waals surface area contributed by atoms with Crippen molar-refractivity contribution in [2.45, 2.75) is 12.8 Å². The minimum Gasteiger partial charge on any atom is -0.452 e. The number of carbonyl (C=O) groups excluding carboxylic acids is 2. The maximum Gasteiger partial charge on any atom is 0.338 e. The van der Waals surface area contributed by atoms with Crippen molar-refractivity contribution >= 4 is 52.3 Å². The lowest BCUT2D eigenvalue weighted by Crippen LogP contribution is -2.22. The van der Waals surface area contributed by atoms with E-state index in [4.69, 9.17) is 27.9 Å². The van der Waals surface area contributed by atoms with E-state index < -0.39 is 23.4 Å². The Morgan fingerprint density at radius 3 is 2.62 bits per heavy atom. The highest BCUT2D eigenvalue weighted by molar-refractivity contribution is 6.36. The first-order valence-electron chi connectivity index (χ1n) is 8.66. The SMILES string of the molecule is O=C(COC(=O)c1ccc(N2CCCC2)c([N+](=O)[O-])c1)Nc1ncc(Cl)cc1Cl. The monoisotopic (exact) mass is 438 g/mol. The second kappa shape index (κ2) is 9.06. The second-order valence-electron chi connectivity index (χ2n) is 6.26. The summed E-state index contributed by atoms with van der Waals surface area (Å²) in [6, 6.07) is 5.53. The molecule has 1 N–H and O–H groups in total. The van der Waals surface area contributed by atoms with E-state index in [1.165, 1.54) is 24.4 Å². The number of nitrogens with zero attached hydrogens (tertiary/aromatic N) is 3. The van der Waals surface area contributed by atoms with Gasteiger partial charge in [-0.05, 0) is 31.0 Å². The van der Waals surface area contributed by atoms with E-state index in [0.29, 0.717) is 10.7 Å². The third kappa shape index (κ3) is 5.12. The highest BCUT2D eigenvalue weighted by Crippen LogP contribution is 2.31. The minimum atomic E-state index is -0.855. The van der Waals surface area contributed by atoms with Gasteiger partial charge in [0.1, 0.15) is 5.69 Å². The summed E-state index contributed by atoms with van der Waals surface area (Å²) in [7, 11) is 0. The number of hydrogen-bond donors (Lipinski definition) is 1. The summed E-state index contributed by atoms with van der Waals surface area (Å²) in [5.41, 5.74) is 0.267. The van der Waals surface area contributed by atoms with Crippen molar-refractivity contribution in [1.82, 2.24) is 4.98 Å². The van der Waals surface area contributed by atoms with Gasteiger partial charge in [-0.15, -0.1) is 0 Å². The summed E-state index contributed by atoms with van der Waals surface area (Å²) in [6.07, 6.45) is 3.22. The van der Waals surface area contributed by atoms with Crippen LogP contribution in [0.1, 0.15) is 23.2 Å². The Kier molecular flexibility index (Phi) is 6.50. The number of aromatic nitrogens is 1. The van der Waals surface area contributed by atoms with Crippen LogP contribution >= 0.6 is 23.2 Å². The van der Waals surface area contributed by atoms with Gasteiger partial charge in [-0.25, -0.2) is 9.78 Å². The van der Waals surface area contributed by atoms with E-state index in [0.717, 1.165) is 32.0 Å². The predicted octanol–water partition coefficient (Wildman–Crippen LogP) is 3.69. The van der Waals surface area contributed by atoms with Crippen molar-refractivity contribution in [3.05, 3.63) is 56.2 Å².